The van der Waals surface area contributed by atoms with Gasteiger partial charge in [0, 0.05) is 15.7 Å². The molecule has 0 atom stereocenters. The van der Waals surface area contributed by atoms with Crippen LogP contribution in [-0.2, 0) is 16.0 Å². The van der Waals surface area contributed by atoms with E-state index in [1.165, 1.54) is 14.2 Å². The van der Waals surface area contributed by atoms with Gasteiger partial charge in [0.05, 0.1) is 27.2 Å². The van der Waals surface area contributed by atoms with E-state index < -0.39 is 0 Å². The largest absolute Gasteiger partial charge is 0.493 e. The van der Waals surface area contributed by atoms with E-state index >= 15 is 0 Å². The molecule has 0 saturated heterocycles. The fourth-order valence-electron chi connectivity index (χ4n) is 2.25. The molecule has 6 nitrogen and oxygen atoms in total. The molecule has 0 aromatic heterocycles. The molecule has 2 aromatic carbocycles. The Labute approximate surface area is 161 Å². The molecule has 2 N–H and O–H groups in total. The molecule has 0 aliphatic carbocycles. The Bertz CT molecular complexity index is 792. The van der Waals surface area contributed by atoms with E-state index in [1.807, 2.05) is 0 Å². The van der Waals surface area contributed by atoms with Crippen LogP contribution in [0.3, 0.4) is 0 Å². The van der Waals surface area contributed by atoms with Crippen LogP contribution in [0.4, 0.5) is 5.69 Å². The average Bonchev–Trinajstić information content (AvgIpc) is 2.59. The summed E-state index contributed by atoms with van der Waals surface area (Å²) in [7, 11) is 3.06. The van der Waals surface area contributed by atoms with E-state index in [0.717, 1.165) is 5.56 Å². The fraction of sp³-hybridized carbons (Fsp3) is 0.222. The monoisotopic (exact) mass is 396 g/mol. The number of ether oxygens (including phenoxy) is 2. The molecule has 2 rings (SSSR count). The Balaban J connectivity index is 1.87. The number of nitrogens with one attached hydrogen (secondary N) is 2. The van der Waals surface area contributed by atoms with Gasteiger partial charge in [-0.25, -0.2) is 0 Å². The predicted octanol–water partition coefficient (Wildman–Crippen LogP) is 3.31. The molecule has 0 fully saturated rings. The molecule has 0 unspecified atom stereocenters. The maximum Gasteiger partial charge on any atom is 0.243 e. The summed E-state index contributed by atoms with van der Waals surface area (Å²) in [5, 5.41) is 5.99. The lowest BCUT2D eigenvalue weighted by molar-refractivity contribution is -0.123. The second-order valence-corrected chi connectivity index (χ2v) is 6.22. The molecule has 138 valence electrons. The first-order valence-corrected chi connectivity index (χ1v) is 8.40. The number of amides is 2. The normalized spacial score (nSPS) is 10.2. The first-order chi connectivity index (χ1) is 12.4. The Kier molecular flexibility index (Phi) is 7.12. The molecule has 0 bridgehead atoms. The minimum atomic E-state index is -0.385. The minimum absolute atomic E-state index is 0.108. The zero-order valence-corrected chi connectivity index (χ0v) is 15.8. The highest BCUT2D eigenvalue weighted by atomic mass is 35.5. The summed E-state index contributed by atoms with van der Waals surface area (Å²) in [6.07, 6.45) is 0.108. The van der Waals surface area contributed by atoms with Crippen molar-refractivity contribution in [3.63, 3.8) is 0 Å². The van der Waals surface area contributed by atoms with Gasteiger partial charge in [0.15, 0.2) is 11.5 Å². The topological polar surface area (TPSA) is 76.7 Å². The van der Waals surface area contributed by atoms with E-state index in [9.17, 15) is 9.59 Å². The zero-order chi connectivity index (χ0) is 19.1. The lowest BCUT2D eigenvalue weighted by atomic mass is 10.1. The van der Waals surface area contributed by atoms with Crippen molar-refractivity contribution in [1.82, 2.24) is 5.32 Å². The number of hydrogen-bond acceptors (Lipinski definition) is 4. The first kappa shape index (κ1) is 19.9. The molecule has 0 spiro atoms. The number of rotatable bonds is 7. The number of carbonyl (C=O) groups excluding carboxylic acids is 2. The van der Waals surface area contributed by atoms with Crippen molar-refractivity contribution in [3.8, 4) is 11.5 Å². The Morgan fingerprint density at radius 2 is 1.58 bits per heavy atom. The number of hydrogen-bond donors (Lipinski definition) is 2. The van der Waals surface area contributed by atoms with Crippen LogP contribution in [0, 0.1) is 0 Å². The highest BCUT2D eigenvalue weighted by Gasteiger charge is 2.10. The molecular weight excluding hydrogens is 379 g/mol. The summed E-state index contributed by atoms with van der Waals surface area (Å²) in [6.45, 7) is -0.170. The third kappa shape index (κ3) is 5.82. The van der Waals surface area contributed by atoms with Crippen LogP contribution < -0.4 is 20.1 Å². The molecule has 8 heteroatoms. The highest BCUT2D eigenvalue weighted by molar-refractivity contribution is 6.35. The van der Waals surface area contributed by atoms with E-state index in [0.29, 0.717) is 27.2 Å². The van der Waals surface area contributed by atoms with Gasteiger partial charge in [-0.1, -0.05) is 29.3 Å². The third-order valence-electron chi connectivity index (χ3n) is 3.41. The summed E-state index contributed by atoms with van der Waals surface area (Å²) >= 11 is 11.7. The van der Waals surface area contributed by atoms with Crippen molar-refractivity contribution in [2.75, 3.05) is 26.1 Å². The lowest BCUT2D eigenvalue weighted by Gasteiger charge is -2.10. The Hall–Kier alpha value is -2.44. The quantitative estimate of drug-likeness (QED) is 0.752. The highest BCUT2D eigenvalue weighted by Crippen LogP contribution is 2.27. The number of benzene rings is 2. The second-order valence-electron chi connectivity index (χ2n) is 5.35. The summed E-state index contributed by atoms with van der Waals surface area (Å²) < 4.78 is 10.4. The van der Waals surface area contributed by atoms with Crippen LogP contribution in [0.5, 0.6) is 11.5 Å². The van der Waals surface area contributed by atoms with Crippen LogP contribution in [0.15, 0.2) is 36.4 Å². The van der Waals surface area contributed by atoms with Gasteiger partial charge in [-0.15, -0.1) is 0 Å². The van der Waals surface area contributed by atoms with Gasteiger partial charge in [0.1, 0.15) is 0 Å². The molecule has 0 radical (unpaired) electrons. The molecule has 0 heterocycles. The van der Waals surface area contributed by atoms with Crippen molar-refractivity contribution in [1.29, 1.82) is 0 Å². The zero-order valence-electron chi connectivity index (χ0n) is 14.3. The van der Waals surface area contributed by atoms with Crippen molar-refractivity contribution in [2.24, 2.45) is 0 Å². The summed E-state index contributed by atoms with van der Waals surface area (Å²) in [6, 6.07) is 9.88. The van der Waals surface area contributed by atoms with Gasteiger partial charge < -0.3 is 20.1 Å². The van der Waals surface area contributed by atoms with Crippen molar-refractivity contribution < 1.29 is 19.1 Å². The first-order valence-electron chi connectivity index (χ1n) is 7.65. The number of halogens is 2. The summed E-state index contributed by atoms with van der Waals surface area (Å²) in [4.78, 5) is 24.0. The SMILES string of the molecule is COc1ccc(CC(=O)NCC(=O)Nc2cc(Cl)cc(Cl)c2)cc1OC. The standard InChI is InChI=1S/C18H18Cl2N2O4/c1-25-15-4-3-11(5-16(15)26-2)6-17(23)21-10-18(24)22-14-8-12(19)7-13(20)9-14/h3-5,7-9H,6,10H2,1-2H3,(H,21,23)(H,22,24). The van der Waals surface area contributed by atoms with Crippen LogP contribution in [0.25, 0.3) is 0 Å². The number of methoxy groups -OCH3 is 2. The van der Waals surface area contributed by atoms with Crippen molar-refractivity contribution >= 4 is 40.7 Å². The molecule has 2 amide bonds. The van der Waals surface area contributed by atoms with Crippen molar-refractivity contribution in [3.05, 3.63) is 52.0 Å². The van der Waals surface area contributed by atoms with Crippen LogP contribution in [0.2, 0.25) is 10.0 Å². The smallest absolute Gasteiger partial charge is 0.243 e. The van der Waals surface area contributed by atoms with Gasteiger partial charge in [0.2, 0.25) is 11.8 Å². The van der Waals surface area contributed by atoms with Crippen molar-refractivity contribution in [2.45, 2.75) is 6.42 Å². The molecule has 2 aromatic rings. The molecule has 0 aliphatic heterocycles. The Morgan fingerprint density at radius 1 is 0.923 bits per heavy atom. The minimum Gasteiger partial charge on any atom is -0.493 e. The third-order valence-corrected chi connectivity index (χ3v) is 3.84. The van der Waals surface area contributed by atoms with E-state index in [-0.39, 0.29) is 24.8 Å². The molecule has 0 saturated carbocycles. The van der Waals surface area contributed by atoms with Gasteiger partial charge in [-0.3, -0.25) is 9.59 Å². The van der Waals surface area contributed by atoms with Crippen LogP contribution >= 0.6 is 23.2 Å². The predicted molar refractivity (Wildman–Crippen MR) is 101 cm³/mol. The van der Waals surface area contributed by atoms with Gasteiger partial charge in [0.25, 0.3) is 0 Å². The molecular formula is C18H18Cl2N2O4. The van der Waals surface area contributed by atoms with E-state index in [2.05, 4.69) is 10.6 Å². The van der Waals surface area contributed by atoms with Crippen LogP contribution in [0.1, 0.15) is 5.56 Å². The van der Waals surface area contributed by atoms with E-state index in [4.69, 9.17) is 32.7 Å². The van der Waals surface area contributed by atoms with Crippen LogP contribution in [-0.4, -0.2) is 32.6 Å². The van der Waals surface area contributed by atoms with Gasteiger partial charge in [-0.05, 0) is 35.9 Å². The maximum absolute atomic E-state index is 12.0. The fourth-order valence-corrected chi connectivity index (χ4v) is 2.77. The molecule has 26 heavy (non-hydrogen) atoms. The summed E-state index contributed by atoms with van der Waals surface area (Å²) in [5.41, 5.74) is 1.20. The lowest BCUT2D eigenvalue weighted by Crippen LogP contribution is -2.33. The van der Waals surface area contributed by atoms with Gasteiger partial charge in [-0.2, -0.15) is 0 Å². The van der Waals surface area contributed by atoms with Gasteiger partial charge >= 0.3 is 0 Å². The molecule has 0 aliphatic rings. The second kappa shape index (κ2) is 9.31. The Morgan fingerprint density at radius 3 is 2.19 bits per heavy atom. The number of carbonyl (C=O) groups is 2. The summed E-state index contributed by atoms with van der Waals surface area (Å²) in [5.74, 6) is 0.435. The maximum atomic E-state index is 12.0. The van der Waals surface area contributed by atoms with E-state index in [1.54, 1.807) is 36.4 Å². The number of anilines is 1. The average molecular weight is 397 g/mol.